The first kappa shape index (κ1) is 12.4. The molecule has 1 rings (SSSR count). The summed E-state index contributed by atoms with van der Waals surface area (Å²) < 4.78 is 0. The van der Waals surface area contributed by atoms with Crippen LogP contribution in [0.2, 0.25) is 0 Å². The van der Waals surface area contributed by atoms with Crippen molar-refractivity contribution >= 4 is 56.5 Å². The summed E-state index contributed by atoms with van der Waals surface area (Å²) in [7, 11) is -5.78. The van der Waals surface area contributed by atoms with Crippen molar-refractivity contribution < 1.29 is 19.5 Å². The van der Waals surface area contributed by atoms with E-state index < -0.39 is 12.9 Å². The second kappa shape index (κ2) is 3.31. The largest absolute Gasteiger partial charge is 2.00 e. The molecule has 1 aliphatic heterocycles. The number of rotatable bonds is 0. The van der Waals surface area contributed by atoms with Gasteiger partial charge in [0.1, 0.15) is 0 Å². The molecule has 0 spiro atoms. The molecular weight excluding hydrogens is 211 g/mol. The van der Waals surface area contributed by atoms with Crippen molar-refractivity contribution in [3.05, 3.63) is 11.9 Å². The molecule has 3 N–H and O–H groups in total. The molecule has 0 atom stereocenters. The van der Waals surface area contributed by atoms with Gasteiger partial charge >= 0.3 is 98.6 Å². The van der Waals surface area contributed by atoms with Gasteiger partial charge in [-0.3, -0.25) is 0 Å². The maximum Gasteiger partial charge on any atom is 2.00 e. The number of amides is 1. The first-order valence-electron chi connectivity index (χ1n) is 2.61. The van der Waals surface area contributed by atoms with Crippen LogP contribution >= 0.6 is 7.28 Å². The van der Waals surface area contributed by atoms with Crippen LogP contribution in [0.1, 0.15) is 0 Å². The van der Waals surface area contributed by atoms with Crippen molar-refractivity contribution in [3.63, 3.8) is 0 Å². The van der Waals surface area contributed by atoms with Gasteiger partial charge in [-0.1, -0.05) is 0 Å². The summed E-state index contributed by atoms with van der Waals surface area (Å²) in [6.45, 7) is 0. The first-order valence-corrected chi connectivity index (χ1v) is 4.70. The van der Waals surface area contributed by atoms with Crippen LogP contribution in [-0.4, -0.2) is 54.1 Å². The minimum atomic E-state index is -5.78. The molecule has 0 aliphatic carbocycles. The zero-order valence-corrected chi connectivity index (χ0v) is 9.11. The molecule has 0 unspecified atom stereocenters. The SMILES string of the molecule is NC1=NC(=O)P([O-])([O-])(O)C=C1.[Ca+2]. The zero-order chi connectivity index (χ0) is 8.72. The number of amidine groups is 1. The average Bonchev–Trinajstić information content (AvgIpc) is 1.81. The fourth-order valence-corrected chi connectivity index (χ4v) is 1.35. The van der Waals surface area contributed by atoms with Crippen molar-refractivity contribution in [2.75, 3.05) is 0 Å². The van der Waals surface area contributed by atoms with E-state index in [0.29, 0.717) is 5.82 Å². The maximum absolute atomic E-state index is 10.7. The average molecular weight is 216 g/mol. The first-order chi connectivity index (χ1) is 4.80. The molecule has 0 radical (unpaired) electrons. The summed E-state index contributed by atoms with van der Waals surface area (Å²) in [6.07, 6.45) is 0.846. The van der Waals surface area contributed by atoms with E-state index in [1.165, 1.54) is 0 Å². The number of nitrogens with two attached hydrogens (primary N) is 1. The van der Waals surface area contributed by atoms with E-state index in [2.05, 4.69) is 4.99 Å². The van der Waals surface area contributed by atoms with Gasteiger partial charge in [-0.2, -0.15) is 0 Å². The van der Waals surface area contributed by atoms with E-state index in [9.17, 15) is 14.6 Å². The Labute approximate surface area is 98.0 Å². The molecule has 0 saturated heterocycles. The summed E-state index contributed by atoms with van der Waals surface area (Å²) >= 11 is 0. The Morgan fingerprint density at radius 3 is 2.42 bits per heavy atom. The van der Waals surface area contributed by atoms with E-state index in [4.69, 9.17) is 10.6 Å². The smallest absolute Gasteiger partial charge is 2.00 e. The summed E-state index contributed by atoms with van der Waals surface area (Å²) in [5, 5.41) is 0. The fourth-order valence-electron chi connectivity index (χ4n) is 0.511. The van der Waals surface area contributed by atoms with Crippen molar-refractivity contribution in [1.82, 2.24) is 0 Å². The van der Waals surface area contributed by atoms with E-state index in [1.807, 2.05) is 0 Å². The van der Waals surface area contributed by atoms with Gasteiger partial charge in [0.15, 0.2) is 0 Å². The van der Waals surface area contributed by atoms with Gasteiger partial charge in [-0.15, -0.1) is 0 Å². The van der Waals surface area contributed by atoms with Crippen LogP contribution in [0.5, 0.6) is 0 Å². The van der Waals surface area contributed by atoms with Crippen LogP contribution in [-0.2, 0) is 0 Å². The third-order valence-corrected chi connectivity index (χ3v) is 2.56. The molecule has 0 aromatic carbocycles. The topological polar surface area (TPSA) is 122 Å². The number of hydrogen-bond donors (Lipinski definition) is 2. The van der Waals surface area contributed by atoms with Gasteiger partial charge in [0.25, 0.3) is 0 Å². The molecular formula is C4H5CaN2O4P. The number of nitrogens with zero attached hydrogens (tertiary/aromatic N) is 1. The van der Waals surface area contributed by atoms with Gasteiger partial charge < -0.3 is 0 Å². The number of hydrogen-bond acceptors (Lipinski definition) is 5. The summed E-state index contributed by atoms with van der Waals surface area (Å²) in [4.78, 5) is 43.4. The number of aliphatic imine (C=N–C) groups is 1. The molecule has 1 amide bonds. The van der Waals surface area contributed by atoms with E-state index in [1.54, 1.807) is 0 Å². The van der Waals surface area contributed by atoms with E-state index in [-0.39, 0.29) is 43.6 Å². The molecule has 62 valence electrons. The van der Waals surface area contributed by atoms with Gasteiger partial charge in [-0.25, -0.2) is 0 Å². The Morgan fingerprint density at radius 2 is 2.08 bits per heavy atom. The fraction of sp³-hybridized carbons (Fsp3) is 0. The predicted molar refractivity (Wildman–Crippen MR) is 41.1 cm³/mol. The second-order valence-corrected chi connectivity index (χ2v) is 4.74. The normalized spacial score (nSPS) is 27.8. The zero-order valence-electron chi connectivity index (χ0n) is 6.01. The molecule has 1 heterocycles. The van der Waals surface area contributed by atoms with Crippen molar-refractivity contribution in [2.45, 2.75) is 0 Å². The number of carbonyl (C=O) groups is 1. The molecule has 8 heteroatoms. The van der Waals surface area contributed by atoms with E-state index in [0.717, 1.165) is 6.08 Å². The van der Waals surface area contributed by atoms with Gasteiger partial charge in [-0.05, 0) is 0 Å². The van der Waals surface area contributed by atoms with Crippen LogP contribution in [0, 0.1) is 0 Å². The van der Waals surface area contributed by atoms with Crippen molar-refractivity contribution in [3.8, 4) is 0 Å². The molecule has 0 aromatic rings. The quantitative estimate of drug-likeness (QED) is 0.346. The van der Waals surface area contributed by atoms with Gasteiger partial charge in [0, 0.05) is 0 Å². The molecule has 12 heavy (non-hydrogen) atoms. The second-order valence-electron chi connectivity index (χ2n) is 2.11. The Bertz CT molecular complexity index is 279. The van der Waals surface area contributed by atoms with Crippen LogP contribution < -0.4 is 15.5 Å². The molecule has 0 saturated carbocycles. The standard InChI is InChI=1S/C4H5N2O4P.Ca/c5-3-1-2-11(8,9,10)4(7)6-3;/h1-2,8H,(H2,5,6,7);/q-2;+2. The third-order valence-electron chi connectivity index (χ3n) is 1.09. The van der Waals surface area contributed by atoms with Crippen molar-refractivity contribution in [2.24, 2.45) is 10.7 Å². The summed E-state index contributed by atoms with van der Waals surface area (Å²) in [5.41, 5.74) is 3.36. The summed E-state index contributed by atoms with van der Waals surface area (Å²) in [5.74, 6) is 0.118. The third kappa shape index (κ3) is 2.47. The van der Waals surface area contributed by atoms with Crippen LogP contribution in [0.25, 0.3) is 0 Å². The van der Waals surface area contributed by atoms with Gasteiger partial charge in [0.05, 0.1) is 0 Å². The maximum atomic E-state index is 10.7. The number of carbonyl (C=O) groups excluding carboxylic acids is 1. The Hall–Kier alpha value is 0.450. The summed E-state index contributed by atoms with van der Waals surface area (Å²) in [6, 6.07) is 0. The van der Waals surface area contributed by atoms with Crippen LogP contribution in [0.3, 0.4) is 0 Å². The molecule has 0 aromatic heterocycles. The Balaban J connectivity index is 0.00000121. The monoisotopic (exact) mass is 216 g/mol. The minimum absolute atomic E-state index is 0. The van der Waals surface area contributed by atoms with Gasteiger partial charge in [0.2, 0.25) is 0 Å². The molecule has 6 nitrogen and oxygen atoms in total. The van der Waals surface area contributed by atoms with Crippen molar-refractivity contribution in [1.29, 1.82) is 0 Å². The van der Waals surface area contributed by atoms with E-state index >= 15 is 0 Å². The van der Waals surface area contributed by atoms with Crippen LogP contribution in [0.4, 0.5) is 4.79 Å². The Kier molecular flexibility index (Phi) is 3.43. The minimum Gasteiger partial charge on any atom is 2.00 e. The van der Waals surface area contributed by atoms with Crippen LogP contribution in [0.15, 0.2) is 16.9 Å². The predicted octanol–water partition coefficient (Wildman–Crippen LogP) is -2.38. The molecule has 0 bridgehead atoms. The molecule has 1 aliphatic rings. The Morgan fingerprint density at radius 1 is 1.58 bits per heavy atom. The molecule has 0 fully saturated rings.